The average molecular weight is 408 g/mol. The lowest BCUT2D eigenvalue weighted by Gasteiger charge is -2.27. The highest BCUT2D eigenvalue weighted by molar-refractivity contribution is 7.91. The Morgan fingerprint density at radius 3 is 2.75 bits per heavy atom. The van der Waals surface area contributed by atoms with E-state index in [2.05, 4.69) is 5.10 Å². The molecule has 9 heteroatoms. The van der Waals surface area contributed by atoms with Gasteiger partial charge in [-0.15, -0.1) is 0 Å². The van der Waals surface area contributed by atoms with Crippen LogP contribution >= 0.6 is 0 Å². The summed E-state index contributed by atoms with van der Waals surface area (Å²) >= 11 is 0. The van der Waals surface area contributed by atoms with Crippen molar-refractivity contribution in [2.24, 2.45) is 5.10 Å². The van der Waals surface area contributed by atoms with Crippen LogP contribution in [0.4, 0.5) is 0 Å². The third-order valence-electron chi connectivity index (χ3n) is 4.77. The second kappa shape index (κ2) is 8.30. The van der Waals surface area contributed by atoms with Crippen LogP contribution in [-0.4, -0.2) is 61.8 Å². The highest BCUT2D eigenvalue weighted by Gasteiger charge is 2.37. The fourth-order valence-electron chi connectivity index (χ4n) is 3.20. The zero-order valence-corrected chi connectivity index (χ0v) is 16.8. The monoisotopic (exact) mass is 408 g/mol. The minimum Gasteiger partial charge on any atom is -0.490 e. The van der Waals surface area contributed by atoms with Gasteiger partial charge in [-0.25, -0.2) is 18.2 Å². The molecule has 8 nitrogen and oxygen atoms in total. The summed E-state index contributed by atoms with van der Waals surface area (Å²) in [7, 11) is -3.15. The molecule has 1 atom stereocenters. The first-order valence-electron chi connectivity index (χ1n) is 9.22. The minimum atomic E-state index is -3.15. The number of carbonyl (C=O) groups excluding carboxylic acids is 2. The zero-order chi connectivity index (χ0) is 20.3. The number of hydrogen-bond acceptors (Lipinski definition) is 7. The number of aryl methyl sites for hydroxylation is 2. The van der Waals surface area contributed by atoms with Crippen LogP contribution in [0.3, 0.4) is 0 Å². The topological polar surface area (TPSA) is 102 Å². The van der Waals surface area contributed by atoms with Crippen LogP contribution in [0.2, 0.25) is 0 Å². The molecule has 1 unspecified atom stereocenters. The quantitative estimate of drug-likeness (QED) is 0.521. The molecule has 1 aromatic rings. The Balaban J connectivity index is 1.54. The lowest BCUT2D eigenvalue weighted by Crippen LogP contribution is -2.42. The SMILES string of the molecule is Cc1ccc(C)c(OCCOC(=O)C2=NN(C3CCS(=O)(=O)C3)C(=O)CC2)c1. The summed E-state index contributed by atoms with van der Waals surface area (Å²) in [6.45, 7) is 4.16. The lowest BCUT2D eigenvalue weighted by molar-refractivity contribution is -0.137. The summed E-state index contributed by atoms with van der Waals surface area (Å²) in [5.41, 5.74) is 2.21. The van der Waals surface area contributed by atoms with E-state index in [1.807, 2.05) is 32.0 Å². The van der Waals surface area contributed by atoms with Crippen LogP contribution in [0, 0.1) is 13.8 Å². The lowest BCUT2D eigenvalue weighted by atomic mass is 10.1. The molecule has 0 spiro atoms. The molecule has 3 rings (SSSR count). The maximum atomic E-state index is 12.3. The van der Waals surface area contributed by atoms with Crippen molar-refractivity contribution in [1.82, 2.24) is 5.01 Å². The van der Waals surface area contributed by atoms with Crippen molar-refractivity contribution in [3.05, 3.63) is 29.3 Å². The number of sulfone groups is 1. The third-order valence-corrected chi connectivity index (χ3v) is 6.52. The van der Waals surface area contributed by atoms with Gasteiger partial charge in [0.25, 0.3) is 0 Å². The number of carbonyl (C=O) groups is 2. The number of esters is 1. The number of nitrogens with zero attached hydrogens (tertiary/aromatic N) is 2. The van der Waals surface area contributed by atoms with Crippen molar-refractivity contribution in [3.8, 4) is 5.75 Å². The van der Waals surface area contributed by atoms with Gasteiger partial charge in [0.1, 0.15) is 24.7 Å². The summed E-state index contributed by atoms with van der Waals surface area (Å²) in [5, 5.41) is 5.24. The Morgan fingerprint density at radius 2 is 2.04 bits per heavy atom. The fraction of sp³-hybridized carbons (Fsp3) is 0.526. The Morgan fingerprint density at radius 1 is 1.25 bits per heavy atom. The van der Waals surface area contributed by atoms with E-state index < -0.39 is 21.8 Å². The van der Waals surface area contributed by atoms with E-state index in [4.69, 9.17) is 9.47 Å². The van der Waals surface area contributed by atoms with E-state index in [1.54, 1.807) is 0 Å². The van der Waals surface area contributed by atoms with E-state index in [1.165, 1.54) is 0 Å². The van der Waals surface area contributed by atoms with E-state index in [9.17, 15) is 18.0 Å². The first-order chi connectivity index (χ1) is 13.2. The fourth-order valence-corrected chi connectivity index (χ4v) is 4.90. The molecule has 0 aromatic heterocycles. The van der Waals surface area contributed by atoms with Gasteiger partial charge in [0.2, 0.25) is 5.91 Å². The van der Waals surface area contributed by atoms with Crippen molar-refractivity contribution in [3.63, 3.8) is 0 Å². The van der Waals surface area contributed by atoms with Gasteiger partial charge in [-0.1, -0.05) is 12.1 Å². The molecular formula is C19H24N2O6S. The molecule has 0 saturated carbocycles. The van der Waals surface area contributed by atoms with Crippen LogP contribution < -0.4 is 4.74 Å². The Kier molecular flexibility index (Phi) is 6.02. The third kappa shape index (κ3) is 4.89. The van der Waals surface area contributed by atoms with Crippen molar-refractivity contribution in [2.45, 2.75) is 39.2 Å². The molecule has 0 bridgehead atoms. The highest BCUT2D eigenvalue weighted by Crippen LogP contribution is 2.22. The van der Waals surface area contributed by atoms with Crippen LogP contribution in [-0.2, 0) is 24.2 Å². The van der Waals surface area contributed by atoms with Crippen molar-refractivity contribution >= 4 is 27.4 Å². The molecule has 1 saturated heterocycles. The second-order valence-electron chi connectivity index (χ2n) is 7.10. The predicted octanol–water partition coefficient (Wildman–Crippen LogP) is 1.39. The molecule has 28 heavy (non-hydrogen) atoms. The van der Waals surface area contributed by atoms with E-state index in [0.29, 0.717) is 6.42 Å². The van der Waals surface area contributed by atoms with Crippen molar-refractivity contribution in [2.75, 3.05) is 24.7 Å². The number of rotatable bonds is 6. The number of amides is 1. The van der Waals surface area contributed by atoms with Crippen molar-refractivity contribution < 1.29 is 27.5 Å². The maximum Gasteiger partial charge on any atom is 0.354 e. The zero-order valence-electron chi connectivity index (χ0n) is 16.0. The van der Waals surface area contributed by atoms with Crippen LogP contribution in [0.15, 0.2) is 23.3 Å². The number of ether oxygens (including phenoxy) is 2. The molecule has 2 heterocycles. The van der Waals surface area contributed by atoms with Gasteiger partial charge in [0.15, 0.2) is 9.84 Å². The van der Waals surface area contributed by atoms with Gasteiger partial charge in [-0.05, 0) is 37.5 Å². The number of hydrogen-bond donors (Lipinski definition) is 0. The van der Waals surface area contributed by atoms with E-state index in [0.717, 1.165) is 21.9 Å². The first-order valence-corrected chi connectivity index (χ1v) is 11.0. The number of hydrazone groups is 1. The normalized spacial score (nSPS) is 21.4. The van der Waals surface area contributed by atoms with Gasteiger partial charge in [0.05, 0.1) is 17.5 Å². The first kappa shape index (κ1) is 20.3. The smallest absolute Gasteiger partial charge is 0.354 e. The van der Waals surface area contributed by atoms with Gasteiger partial charge < -0.3 is 9.47 Å². The summed E-state index contributed by atoms with van der Waals surface area (Å²) in [5.74, 6) is -0.217. The van der Waals surface area contributed by atoms with E-state index in [-0.39, 0.29) is 49.2 Å². The Bertz CT molecular complexity index is 909. The van der Waals surface area contributed by atoms with E-state index >= 15 is 0 Å². The molecular weight excluding hydrogens is 384 g/mol. The van der Waals surface area contributed by atoms with Crippen molar-refractivity contribution in [1.29, 1.82) is 0 Å². The standard InChI is InChI=1S/C19H24N2O6S/c1-13-3-4-14(2)17(11-13)26-8-9-27-19(23)16-5-6-18(22)21(20-16)15-7-10-28(24,25)12-15/h3-4,11,15H,5-10,12H2,1-2H3. The molecule has 1 fully saturated rings. The average Bonchev–Trinajstić information content (AvgIpc) is 3.01. The van der Waals surface area contributed by atoms with Crippen LogP contribution in [0.5, 0.6) is 5.75 Å². The summed E-state index contributed by atoms with van der Waals surface area (Å²) in [4.78, 5) is 24.3. The molecule has 1 aromatic carbocycles. The van der Waals surface area contributed by atoms with Crippen LogP contribution in [0.25, 0.3) is 0 Å². The molecule has 0 N–H and O–H groups in total. The largest absolute Gasteiger partial charge is 0.490 e. The second-order valence-corrected chi connectivity index (χ2v) is 9.32. The molecule has 2 aliphatic heterocycles. The van der Waals surface area contributed by atoms with Crippen LogP contribution in [0.1, 0.15) is 30.4 Å². The molecule has 0 aliphatic carbocycles. The van der Waals surface area contributed by atoms with Gasteiger partial charge >= 0.3 is 5.97 Å². The van der Waals surface area contributed by atoms with Gasteiger partial charge in [-0.2, -0.15) is 5.10 Å². The Labute approximate surface area is 164 Å². The predicted molar refractivity (Wildman–Crippen MR) is 103 cm³/mol. The Hall–Kier alpha value is -2.42. The highest BCUT2D eigenvalue weighted by atomic mass is 32.2. The van der Waals surface area contributed by atoms with Gasteiger partial charge in [0, 0.05) is 12.8 Å². The molecule has 2 aliphatic rings. The summed E-state index contributed by atoms with van der Waals surface area (Å²) in [6, 6.07) is 5.36. The molecule has 1 amide bonds. The summed E-state index contributed by atoms with van der Waals surface area (Å²) in [6.07, 6.45) is 0.637. The molecule has 0 radical (unpaired) electrons. The number of benzene rings is 1. The summed E-state index contributed by atoms with van der Waals surface area (Å²) < 4.78 is 34.2. The minimum absolute atomic E-state index is 0.0342. The maximum absolute atomic E-state index is 12.3. The molecule has 152 valence electrons. The van der Waals surface area contributed by atoms with Gasteiger partial charge in [-0.3, -0.25) is 4.79 Å².